The van der Waals surface area contributed by atoms with Crippen LogP contribution in [0.25, 0.3) is 0 Å². The molecule has 0 spiro atoms. The Labute approximate surface area is 260 Å². The van der Waals surface area contributed by atoms with Crippen molar-refractivity contribution in [1.82, 2.24) is 9.80 Å². The predicted molar refractivity (Wildman–Crippen MR) is 170 cm³/mol. The van der Waals surface area contributed by atoms with Gasteiger partial charge in [-0.2, -0.15) is 0 Å². The third-order valence-corrected chi connectivity index (χ3v) is 10.2. The summed E-state index contributed by atoms with van der Waals surface area (Å²) in [7, 11) is 0. The Hall–Kier alpha value is -2.22. The maximum atomic E-state index is 13.2. The highest BCUT2D eigenvalue weighted by atomic mass is 35.5. The summed E-state index contributed by atoms with van der Waals surface area (Å²) in [6, 6.07) is 13.9. The molecule has 14 heteroatoms. The lowest BCUT2D eigenvalue weighted by Crippen LogP contribution is -2.41. The SMILES string of the molecule is O=C(CCCN1C(=O)C(C2SC(=S)N(CCCC(=O)Nc3ccccc3Cl)C2=O)SC1=S)Nc1ccccc1Cl. The lowest BCUT2D eigenvalue weighted by molar-refractivity contribution is -0.131. The summed E-state index contributed by atoms with van der Waals surface area (Å²) in [6.45, 7) is 0.523. The molecule has 2 atom stereocenters. The van der Waals surface area contributed by atoms with E-state index < -0.39 is 10.5 Å². The Bertz CT molecular complexity index is 1260. The van der Waals surface area contributed by atoms with E-state index in [2.05, 4.69) is 10.6 Å². The average molecular weight is 656 g/mol. The fraction of sp³-hybridized carbons (Fsp3) is 0.308. The molecule has 2 aromatic carbocycles. The molecule has 2 aromatic rings. The number of carbonyl (C=O) groups is 4. The minimum absolute atomic E-state index is 0.173. The molecule has 4 amide bonds. The van der Waals surface area contributed by atoms with Crippen LogP contribution in [0.1, 0.15) is 25.7 Å². The van der Waals surface area contributed by atoms with Crippen molar-refractivity contribution in [2.75, 3.05) is 23.7 Å². The molecule has 2 N–H and O–H groups in total. The monoisotopic (exact) mass is 654 g/mol. The van der Waals surface area contributed by atoms with Crippen LogP contribution in [0, 0.1) is 0 Å². The van der Waals surface area contributed by atoms with Crippen molar-refractivity contribution >= 4 is 115 Å². The number of amides is 4. The third kappa shape index (κ3) is 7.54. The van der Waals surface area contributed by atoms with Gasteiger partial charge in [-0.25, -0.2) is 0 Å². The number of hydrogen-bond donors (Lipinski definition) is 2. The van der Waals surface area contributed by atoms with Crippen molar-refractivity contribution in [2.24, 2.45) is 0 Å². The van der Waals surface area contributed by atoms with E-state index in [0.29, 0.717) is 42.9 Å². The molecule has 0 aliphatic carbocycles. The van der Waals surface area contributed by atoms with Gasteiger partial charge in [0.15, 0.2) is 0 Å². The molecule has 0 aromatic heterocycles. The molecule has 0 bridgehead atoms. The van der Waals surface area contributed by atoms with Gasteiger partial charge in [0.05, 0.1) is 21.4 Å². The van der Waals surface area contributed by atoms with Crippen LogP contribution in [0.3, 0.4) is 0 Å². The first-order valence-corrected chi connectivity index (χ1v) is 15.6. The van der Waals surface area contributed by atoms with Crippen molar-refractivity contribution in [3.8, 4) is 0 Å². The molecular weight excluding hydrogens is 631 g/mol. The number of nitrogens with one attached hydrogen (secondary N) is 2. The Balaban J connectivity index is 1.24. The Morgan fingerprint density at radius 1 is 0.725 bits per heavy atom. The predicted octanol–water partition coefficient (Wildman–Crippen LogP) is 5.59. The molecule has 4 rings (SSSR count). The van der Waals surface area contributed by atoms with Crippen molar-refractivity contribution in [2.45, 2.75) is 36.2 Å². The van der Waals surface area contributed by atoms with Crippen LogP contribution in [0.15, 0.2) is 48.5 Å². The number of carbonyl (C=O) groups excluding carboxylic acids is 4. The van der Waals surface area contributed by atoms with E-state index in [1.807, 2.05) is 0 Å². The van der Waals surface area contributed by atoms with E-state index in [0.717, 1.165) is 0 Å². The number of hydrogen-bond acceptors (Lipinski definition) is 8. The number of para-hydroxylation sites is 2. The van der Waals surface area contributed by atoms with Crippen LogP contribution < -0.4 is 10.6 Å². The van der Waals surface area contributed by atoms with E-state index in [9.17, 15) is 19.2 Å². The molecule has 8 nitrogen and oxygen atoms in total. The second-order valence-corrected chi connectivity index (χ2v) is 13.2. The molecule has 0 saturated carbocycles. The van der Waals surface area contributed by atoms with E-state index in [4.69, 9.17) is 47.6 Å². The molecular formula is C26H24Cl2N4O4S4. The quantitative estimate of drug-likeness (QED) is 0.303. The van der Waals surface area contributed by atoms with Crippen LogP contribution in [0.2, 0.25) is 10.0 Å². The smallest absolute Gasteiger partial charge is 0.243 e. The van der Waals surface area contributed by atoms with Crippen LogP contribution in [0.5, 0.6) is 0 Å². The Morgan fingerprint density at radius 2 is 1.10 bits per heavy atom. The van der Waals surface area contributed by atoms with Gasteiger partial charge in [0.1, 0.15) is 19.1 Å². The third-order valence-electron chi connectivity index (χ3n) is 6.06. The van der Waals surface area contributed by atoms with Gasteiger partial charge < -0.3 is 10.6 Å². The summed E-state index contributed by atoms with van der Waals surface area (Å²) < 4.78 is 0.742. The van der Waals surface area contributed by atoms with Gasteiger partial charge in [-0.1, -0.05) is 95.4 Å². The van der Waals surface area contributed by atoms with Crippen molar-refractivity contribution in [3.05, 3.63) is 58.6 Å². The summed E-state index contributed by atoms with van der Waals surface area (Å²) in [6.07, 6.45) is 1.13. The highest BCUT2D eigenvalue weighted by Crippen LogP contribution is 2.40. The maximum absolute atomic E-state index is 13.2. The molecule has 2 aliphatic rings. The maximum Gasteiger partial charge on any atom is 0.243 e. The zero-order valence-corrected chi connectivity index (χ0v) is 25.7. The van der Waals surface area contributed by atoms with Crippen LogP contribution >= 0.6 is 71.2 Å². The number of anilines is 2. The topological polar surface area (TPSA) is 98.8 Å². The number of thiocarbonyl (C=S) groups is 2. The van der Waals surface area contributed by atoms with E-state index >= 15 is 0 Å². The van der Waals surface area contributed by atoms with Gasteiger partial charge in [0, 0.05) is 25.9 Å². The van der Waals surface area contributed by atoms with Crippen LogP contribution in [0.4, 0.5) is 11.4 Å². The van der Waals surface area contributed by atoms with Gasteiger partial charge >= 0.3 is 0 Å². The fourth-order valence-corrected chi connectivity index (χ4v) is 7.74. The Morgan fingerprint density at radius 3 is 1.48 bits per heavy atom. The highest BCUT2D eigenvalue weighted by molar-refractivity contribution is 8.27. The van der Waals surface area contributed by atoms with Gasteiger partial charge in [-0.15, -0.1) is 0 Å². The molecule has 2 saturated heterocycles. The van der Waals surface area contributed by atoms with E-state index in [1.54, 1.807) is 48.5 Å². The standard InChI is InChI=1S/C26H24Cl2N4O4S4/c27-15-7-1-3-9-17(15)29-19(33)11-5-13-31-23(35)21(39-25(31)37)22-24(36)32(26(38)40-22)14-6-12-20(34)30-18-10-4-2-8-16(18)28/h1-4,7-10,21-22H,5-6,11-14H2,(H,29,33)(H,30,34). The van der Waals surface area contributed by atoms with Crippen molar-refractivity contribution in [1.29, 1.82) is 0 Å². The number of nitrogens with zero attached hydrogens (tertiary/aromatic N) is 2. The second-order valence-electron chi connectivity index (χ2n) is 8.85. The normalized spacial score (nSPS) is 18.9. The Kier molecular flexibility index (Phi) is 10.8. The first-order chi connectivity index (χ1) is 19.2. The number of benzene rings is 2. The fourth-order valence-electron chi connectivity index (χ4n) is 4.06. The largest absolute Gasteiger partial charge is 0.325 e. The van der Waals surface area contributed by atoms with Gasteiger partial charge in [-0.3, -0.25) is 29.0 Å². The van der Waals surface area contributed by atoms with Gasteiger partial charge in [0.25, 0.3) is 0 Å². The first kappa shape index (κ1) is 30.7. The minimum atomic E-state index is -0.701. The number of rotatable bonds is 11. The zero-order chi connectivity index (χ0) is 28.8. The molecule has 40 heavy (non-hydrogen) atoms. The lowest BCUT2D eigenvalue weighted by Gasteiger charge is -2.18. The zero-order valence-electron chi connectivity index (χ0n) is 20.9. The number of thioether (sulfide) groups is 2. The van der Waals surface area contributed by atoms with E-state index in [-0.39, 0.29) is 49.6 Å². The molecule has 2 aliphatic heterocycles. The van der Waals surface area contributed by atoms with Crippen LogP contribution in [-0.4, -0.2) is 65.7 Å². The van der Waals surface area contributed by atoms with Crippen molar-refractivity contribution < 1.29 is 19.2 Å². The summed E-state index contributed by atoms with van der Waals surface area (Å²) in [5, 5.41) is 4.99. The van der Waals surface area contributed by atoms with E-state index in [1.165, 1.54) is 33.3 Å². The van der Waals surface area contributed by atoms with Crippen molar-refractivity contribution in [3.63, 3.8) is 0 Å². The summed E-state index contributed by atoms with van der Waals surface area (Å²) in [5.74, 6) is -0.983. The summed E-state index contributed by atoms with van der Waals surface area (Å²) in [5.41, 5.74) is 1.05. The van der Waals surface area contributed by atoms with Gasteiger partial charge in [0.2, 0.25) is 23.6 Å². The molecule has 2 fully saturated rings. The number of halogens is 2. The molecule has 0 radical (unpaired) electrons. The lowest BCUT2D eigenvalue weighted by atomic mass is 10.2. The van der Waals surface area contributed by atoms with Gasteiger partial charge in [-0.05, 0) is 37.1 Å². The first-order valence-electron chi connectivity index (χ1n) is 12.3. The average Bonchev–Trinajstić information content (AvgIpc) is 3.35. The summed E-state index contributed by atoms with van der Waals surface area (Å²) >= 11 is 25.3. The minimum Gasteiger partial charge on any atom is -0.325 e. The highest BCUT2D eigenvalue weighted by Gasteiger charge is 2.50. The molecule has 2 heterocycles. The second kappa shape index (κ2) is 14.1. The molecule has 2 unspecified atom stereocenters. The van der Waals surface area contributed by atoms with Crippen LogP contribution in [-0.2, 0) is 19.2 Å². The molecule has 210 valence electrons. The summed E-state index contributed by atoms with van der Waals surface area (Å²) in [4.78, 5) is 53.9.